The van der Waals surface area contributed by atoms with E-state index in [0.29, 0.717) is 29.6 Å². The molecule has 2 heterocycles. The van der Waals surface area contributed by atoms with Crippen LogP contribution in [-0.4, -0.2) is 40.6 Å². The van der Waals surface area contributed by atoms with Crippen molar-refractivity contribution in [2.45, 2.75) is 52.1 Å². The van der Waals surface area contributed by atoms with E-state index in [1.165, 1.54) is 6.07 Å². The summed E-state index contributed by atoms with van der Waals surface area (Å²) in [5, 5.41) is 0.650. The van der Waals surface area contributed by atoms with Crippen LogP contribution in [0.25, 0.3) is 10.9 Å². The number of rotatable bonds is 2. The number of aromatic nitrogens is 1. The number of aryl methyl sites for hydroxylation is 1. The summed E-state index contributed by atoms with van der Waals surface area (Å²) in [6.07, 6.45) is 1.12. The lowest BCUT2D eigenvalue weighted by Crippen LogP contribution is -2.42. The molecule has 0 bridgehead atoms. The van der Waals surface area contributed by atoms with Crippen molar-refractivity contribution in [3.63, 3.8) is 0 Å². The van der Waals surface area contributed by atoms with E-state index in [0.717, 1.165) is 18.5 Å². The molecule has 0 spiro atoms. The van der Waals surface area contributed by atoms with Gasteiger partial charge in [-0.2, -0.15) is 0 Å². The van der Waals surface area contributed by atoms with Crippen molar-refractivity contribution in [1.29, 1.82) is 0 Å². The van der Waals surface area contributed by atoms with Gasteiger partial charge in [0.15, 0.2) is 0 Å². The van der Waals surface area contributed by atoms with Gasteiger partial charge in [0.25, 0.3) is 5.91 Å². The minimum atomic E-state index is -0.675. The van der Waals surface area contributed by atoms with Gasteiger partial charge in [-0.15, -0.1) is 0 Å². The maximum Gasteiger partial charge on any atom is 0.410 e. The number of halogens is 1. The predicted octanol–water partition coefficient (Wildman–Crippen LogP) is 3.83. The van der Waals surface area contributed by atoms with Crippen LogP contribution in [0, 0.1) is 12.7 Å². The summed E-state index contributed by atoms with van der Waals surface area (Å²) < 4.78 is 20.4. The van der Waals surface area contributed by atoms with E-state index in [-0.39, 0.29) is 17.6 Å². The first kappa shape index (κ1) is 19.2. The molecule has 0 saturated carbocycles. The smallest absolute Gasteiger partial charge is 0.410 e. The standard InChI is InChI=1S/C20H26FN3O3/c1-11-8-13-16(15(21)9-14(18(22)25)17(13)23-11)12-6-5-7-24(10-12)19(26)27-20(2,3)4/h8-9,12,23H,5-7,10H2,1-4H3,(H2,22,25). The van der Waals surface area contributed by atoms with E-state index in [9.17, 15) is 14.0 Å². The zero-order valence-corrected chi connectivity index (χ0v) is 16.2. The van der Waals surface area contributed by atoms with E-state index in [4.69, 9.17) is 10.5 Å². The maximum atomic E-state index is 15.0. The highest BCUT2D eigenvalue weighted by Crippen LogP contribution is 2.36. The average molecular weight is 375 g/mol. The van der Waals surface area contributed by atoms with Crippen LogP contribution in [0.15, 0.2) is 12.1 Å². The van der Waals surface area contributed by atoms with Gasteiger partial charge in [0.1, 0.15) is 11.4 Å². The maximum absolute atomic E-state index is 15.0. The van der Waals surface area contributed by atoms with Gasteiger partial charge in [0, 0.05) is 35.7 Å². The zero-order valence-electron chi connectivity index (χ0n) is 16.2. The highest BCUT2D eigenvalue weighted by atomic mass is 19.1. The SMILES string of the molecule is Cc1cc2c(C3CCCN(C(=O)OC(C)(C)C)C3)c(F)cc(C(N)=O)c2[nH]1. The second-order valence-corrected chi connectivity index (χ2v) is 8.19. The Bertz CT molecular complexity index is 898. The van der Waals surface area contributed by atoms with Crippen molar-refractivity contribution < 1.29 is 18.7 Å². The predicted molar refractivity (Wildman–Crippen MR) is 101 cm³/mol. The number of aromatic amines is 1. The highest BCUT2D eigenvalue weighted by Gasteiger charge is 2.31. The van der Waals surface area contributed by atoms with Crippen LogP contribution >= 0.6 is 0 Å². The number of nitrogens with zero attached hydrogens (tertiary/aromatic N) is 1. The Hall–Kier alpha value is -2.57. The number of H-pyrrole nitrogens is 1. The fourth-order valence-electron chi connectivity index (χ4n) is 3.73. The van der Waals surface area contributed by atoms with E-state index in [1.54, 1.807) is 4.90 Å². The summed E-state index contributed by atoms with van der Waals surface area (Å²) in [6, 6.07) is 3.02. The molecule has 1 unspecified atom stereocenters. The molecule has 2 aromatic rings. The Morgan fingerprint density at radius 2 is 2.04 bits per heavy atom. The minimum Gasteiger partial charge on any atom is -0.444 e. The molecule has 3 N–H and O–H groups in total. The molecule has 0 aliphatic carbocycles. The van der Waals surface area contributed by atoms with Gasteiger partial charge in [-0.1, -0.05) is 0 Å². The topological polar surface area (TPSA) is 88.4 Å². The average Bonchev–Trinajstić information content (AvgIpc) is 2.93. The van der Waals surface area contributed by atoms with Gasteiger partial charge in [0.2, 0.25) is 0 Å². The summed E-state index contributed by atoms with van der Waals surface area (Å²) in [7, 11) is 0. The first-order chi connectivity index (χ1) is 12.6. The van der Waals surface area contributed by atoms with Crippen LogP contribution < -0.4 is 5.73 Å². The van der Waals surface area contributed by atoms with Crippen LogP contribution in [0.2, 0.25) is 0 Å². The van der Waals surface area contributed by atoms with Gasteiger partial charge in [-0.25, -0.2) is 9.18 Å². The Morgan fingerprint density at radius 1 is 1.33 bits per heavy atom. The van der Waals surface area contributed by atoms with Crippen molar-refractivity contribution in [2.24, 2.45) is 5.73 Å². The van der Waals surface area contributed by atoms with Crippen molar-refractivity contribution in [2.75, 3.05) is 13.1 Å². The van der Waals surface area contributed by atoms with Crippen molar-refractivity contribution in [1.82, 2.24) is 9.88 Å². The van der Waals surface area contributed by atoms with E-state index in [1.807, 2.05) is 33.8 Å². The second kappa shape index (κ2) is 6.87. The van der Waals surface area contributed by atoms with Crippen LogP contribution in [0.5, 0.6) is 0 Å². The normalized spacial score (nSPS) is 18.0. The monoisotopic (exact) mass is 375 g/mol. The number of piperidine rings is 1. The van der Waals surface area contributed by atoms with Crippen LogP contribution in [0.1, 0.15) is 61.1 Å². The van der Waals surface area contributed by atoms with Gasteiger partial charge in [-0.05, 0) is 52.7 Å². The number of fused-ring (bicyclic) bond motifs is 1. The lowest BCUT2D eigenvalue weighted by atomic mass is 9.87. The number of carbonyl (C=O) groups is 2. The summed E-state index contributed by atoms with van der Waals surface area (Å²) in [4.78, 5) is 28.9. The Kier molecular flexibility index (Phi) is 4.88. The Morgan fingerprint density at radius 3 is 2.67 bits per heavy atom. The molecule has 6 nitrogen and oxygen atoms in total. The molecule has 2 amide bonds. The Balaban J connectivity index is 1.97. The molecule has 3 rings (SSSR count). The third-order valence-electron chi connectivity index (χ3n) is 4.79. The summed E-state index contributed by atoms with van der Waals surface area (Å²) in [5.74, 6) is -1.32. The first-order valence-electron chi connectivity index (χ1n) is 9.16. The molecule has 0 radical (unpaired) electrons. The van der Waals surface area contributed by atoms with E-state index < -0.39 is 17.3 Å². The number of ether oxygens (including phenoxy) is 1. The zero-order chi connectivity index (χ0) is 19.9. The van der Waals surface area contributed by atoms with Gasteiger partial charge >= 0.3 is 6.09 Å². The number of likely N-dealkylation sites (tertiary alicyclic amines) is 1. The van der Waals surface area contributed by atoms with E-state index in [2.05, 4.69) is 4.98 Å². The third kappa shape index (κ3) is 3.91. The van der Waals surface area contributed by atoms with Crippen LogP contribution in [0.3, 0.4) is 0 Å². The molecule has 1 aliphatic rings. The summed E-state index contributed by atoms with van der Waals surface area (Å²) >= 11 is 0. The molecule has 1 atom stereocenters. The number of hydrogen-bond donors (Lipinski definition) is 2. The summed E-state index contributed by atoms with van der Waals surface area (Å²) in [6.45, 7) is 8.27. The van der Waals surface area contributed by atoms with Crippen molar-refractivity contribution >= 4 is 22.9 Å². The van der Waals surface area contributed by atoms with Gasteiger partial charge in [0.05, 0.1) is 11.1 Å². The van der Waals surface area contributed by atoms with Crippen molar-refractivity contribution in [3.8, 4) is 0 Å². The van der Waals surface area contributed by atoms with Crippen LogP contribution in [-0.2, 0) is 4.74 Å². The number of benzene rings is 1. The quantitative estimate of drug-likeness (QED) is 0.836. The molecule has 1 aliphatic heterocycles. The number of amides is 2. The number of primary amides is 1. The molecule has 146 valence electrons. The first-order valence-corrected chi connectivity index (χ1v) is 9.16. The van der Waals surface area contributed by atoms with E-state index >= 15 is 0 Å². The fraction of sp³-hybridized carbons (Fsp3) is 0.500. The molecule has 1 fully saturated rings. The molecule has 1 saturated heterocycles. The van der Waals surface area contributed by atoms with Crippen LogP contribution in [0.4, 0.5) is 9.18 Å². The lowest BCUT2D eigenvalue weighted by Gasteiger charge is -2.34. The highest BCUT2D eigenvalue weighted by molar-refractivity contribution is 6.06. The number of hydrogen-bond acceptors (Lipinski definition) is 3. The number of nitrogens with two attached hydrogens (primary N) is 1. The third-order valence-corrected chi connectivity index (χ3v) is 4.79. The molecule has 7 heteroatoms. The fourth-order valence-corrected chi connectivity index (χ4v) is 3.73. The Labute approximate surface area is 157 Å². The van der Waals surface area contributed by atoms with Gasteiger partial charge < -0.3 is 20.4 Å². The molecule has 27 heavy (non-hydrogen) atoms. The molecular formula is C20H26FN3O3. The molecule has 1 aromatic carbocycles. The molecule has 1 aromatic heterocycles. The number of nitrogens with one attached hydrogen (secondary N) is 1. The lowest BCUT2D eigenvalue weighted by molar-refractivity contribution is 0.0197. The second-order valence-electron chi connectivity index (χ2n) is 8.19. The minimum absolute atomic E-state index is 0.138. The largest absolute Gasteiger partial charge is 0.444 e. The van der Waals surface area contributed by atoms with Crippen molar-refractivity contribution in [3.05, 3.63) is 34.8 Å². The van der Waals surface area contributed by atoms with Gasteiger partial charge in [-0.3, -0.25) is 4.79 Å². The number of carbonyl (C=O) groups excluding carboxylic acids is 2. The summed E-state index contributed by atoms with van der Waals surface area (Å²) in [5.41, 5.74) is 6.86. The molecular weight excluding hydrogens is 349 g/mol.